The molecule has 1 aliphatic carbocycles. The first-order valence-corrected chi connectivity index (χ1v) is 6.78. The number of halogens is 1. The molecule has 4 nitrogen and oxygen atoms in total. The van der Waals surface area contributed by atoms with Crippen LogP contribution in [0.3, 0.4) is 0 Å². The Morgan fingerprint density at radius 3 is 2.59 bits per heavy atom. The third-order valence-electron chi connectivity index (χ3n) is 3.50. The number of aromatic nitrogens is 2. The number of nitrogens with zero attached hydrogens (tertiary/aromatic N) is 4. The van der Waals surface area contributed by atoms with E-state index in [9.17, 15) is 0 Å². The van der Waals surface area contributed by atoms with Gasteiger partial charge in [0, 0.05) is 11.9 Å². The molecule has 0 spiro atoms. The molecule has 5 heteroatoms. The summed E-state index contributed by atoms with van der Waals surface area (Å²) in [6, 6.07) is 4.03. The second-order valence-electron chi connectivity index (χ2n) is 4.63. The van der Waals surface area contributed by atoms with E-state index in [0.29, 0.717) is 5.69 Å². The van der Waals surface area contributed by atoms with Crippen LogP contribution in [0, 0.1) is 28.1 Å². The molecule has 1 saturated carbocycles. The molecule has 0 amide bonds. The van der Waals surface area contributed by atoms with Gasteiger partial charge in [0.1, 0.15) is 12.1 Å². The first-order chi connectivity index (χ1) is 8.24. The average Bonchev–Trinajstić information content (AvgIpc) is 2.96. The average molecular weight is 293 g/mol. The van der Waals surface area contributed by atoms with E-state index >= 15 is 0 Å². The number of rotatable bonds is 3. The van der Waals surface area contributed by atoms with Crippen molar-refractivity contribution in [3.8, 4) is 12.1 Å². The van der Waals surface area contributed by atoms with Gasteiger partial charge in [-0.2, -0.15) is 10.5 Å². The van der Waals surface area contributed by atoms with E-state index in [1.54, 1.807) is 6.33 Å². The minimum Gasteiger partial charge on any atom is -0.321 e. The van der Waals surface area contributed by atoms with Crippen molar-refractivity contribution in [3.63, 3.8) is 0 Å². The zero-order valence-corrected chi connectivity index (χ0v) is 11.1. The highest BCUT2D eigenvalue weighted by Crippen LogP contribution is 2.41. The van der Waals surface area contributed by atoms with Gasteiger partial charge >= 0.3 is 0 Å². The highest BCUT2D eigenvalue weighted by Gasteiger charge is 2.34. The summed E-state index contributed by atoms with van der Waals surface area (Å²) in [5.74, 6) is 0. The first-order valence-electron chi connectivity index (χ1n) is 5.66. The van der Waals surface area contributed by atoms with Gasteiger partial charge in [-0.1, -0.05) is 28.8 Å². The lowest BCUT2D eigenvalue weighted by Gasteiger charge is -2.27. The summed E-state index contributed by atoms with van der Waals surface area (Å²) in [6.07, 6.45) is 6.44. The van der Waals surface area contributed by atoms with Gasteiger partial charge in [-0.25, -0.2) is 4.98 Å². The molecular formula is C12H13BrN4. The molecule has 2 rings (SSSR count). The van der Waals surface area contributed by atoms with Crippen molar-refractivity contribution >= 4 is 15.9 Å². The highest BCUT2D eigenvalue weighted by atomic mass is 79.9. The number of imidazole rings is 1. The molecule has 0 bridgehead atoms. The molecule has 1 heterocycles. The molecule has 0 aliphatic heterocycles. The molecule has 0 atom stereocenters. The lowest BCUT2D eigenvalue weighted by Crippen LogP contribution is -2.25. The summed E-state index contributed by atoms with van der Waals surface area (Å²) in [5.41, 5.74) is 0.842. The van der Waals surface area contributed by atoms with E-state index in [-0.39, 0.29) is 11.1 Å². The fourth-order valence-corrected chi connectivity index (χ4v) is 3.26. The summed E-state index contributed by atoms with van der Waals surface area (Å²) in [5, 5.41) is 18.9. The van der Waals surface area contributed by atoms with Crippen LogP contribution in [0.15, 0.2) is 6.33 Å². The van der Waals surface area contributed by atoms with E-state index in [1.807, 2.05) is 10.6 Å². The number of hydrogen-bond donors (Lipinski definition) is 0. The Hall–Kier alpha value is -1.33. The van der Waals surface area contributed by atoms with E-state index in [4.69, 9.17) is 10.5 Å². The second kappa shape index (κ2) is 4.89. The zero-order valence-electron chi connectivity index (χ0n) is 9.49. The summed E-state index contributed by atoms with van der Waals surface area (Å²) in [6.45, 7) is 0.774. The maximum atomic E-state index is 9.08. The lowest BCUT2D eigenvalue weighted by molar-refractivity contribution is 0.291. The lowest BCUT2D eigenvalue weighted by atomic mass is 9.88. The SMILES string of the molecule is N#Cc1ncn(CC2(CBr)CCCC2)c1C#N. The van der Waals surface area contributed by atoms with Crippen LogP contribution >= 0.6 is 15.9 Å². The topological polar surface area (TPSA) is 65.4 Å². The van der Waals surface area contributed by atoms with Crippen molar-refractivity contribution in [2.24, 2.45) is 5.41 Å². The van der Waals surface area contributed by atoms with Crippen molar-refractivity contribution in [2.75, 3.05) is 5.33 Å². The second-order valence-corrected chi connectivity index (χ2v) is 5.19. The van der Waals surface area contributed by atoms with Gasteiger partial charge in [-0.15, -0.1) is 0 Å². The van der Waals surface area contributed by atoms with Gasteiger partial charge in [-0.05, 0) is 18.3 Å². The summed E-state index contributed by atoms with van der Waals surface area (Å²) in [4.78, 5) is 3.98. The monoisotopic (exact) mass is 292 g/mol. The van der Waals surface area contributed by atoms with Crippen molar-refractivity contribution < 1.29 is 0 Å². The largest absolute Gasteiger partial charge is 0.321 e. The van der Waals surface area contributed by atoms with Crippen molar-refractivity contribution in [1.29, 1.82) is 10.5 Å². The molecule has 0 radical (unpaired) electrons. The van der Waals surface area contributed by atoms with E-state index in [0.717, 1.165) is 11.9 Å². The van der Waals surface area contributed by atoms with Crippen LogP contribution in [0.2, 0.25) is 0 Å². The van der Waals surface area contributed by atoms with Crippen LogP contribution in [0.4, 0.5) is 0 Å². The zero-order chi connectivity index (χ0) is 12.3. The molecular weight excluding hydrogens is 280 g/mol. The number of alkyl halides is 1. The Labute approximate surface area is 109 Å². The molecule has 1 aromatic heterocycles. The normalized spacial score (nSPS) is 17.6. The third-order valence-corrected chi connectivity index (χ3v) is 4.69. The summed E-state index contributed by atoms with van der Waals surface area (Å²) >= 11 is 3.58. The van der Waals surface area contributed by atoms with Crippen LogP contribution in [-0.2, 0) is 6.54 Å². The van der Waals surface area contributed by atoms with Gasteiger partial charge < -0.3 is 4.57 Å². The Morgan fingerprint density at radius 2 is 2.06 bits per heavy atom. The summed E-state index contributed by atoms with van der Waals surface area (Å²) < 4.78 is 1.82. The van der Waals surface area contributed by atoms with Crippen molar-refractivity contribution in [2.45, 2.75) is 32.2 Å². The Balaban J connectivity index is 2.27. The molecule has 0 N–H and O–H groups in total. The third kappa shape index (κ3) is 2.21. The van der Waals surface area contributed by atoms with Crippen LogP contribution in [0.1, 0.15) is 37.1 Å². The van der Waals surface area contributed by atoms with Gasteiger partial charge in [-0.3, -0.25) is 0 Å². The van der Waals surface area contributed by atoms with E-state index in [1.165, 1.54) is 25.7 Å². The minimum atomic E-state index is 0.221. The molecule has 1 fully saturated rings. The predicted molar refractivity (Wildman–Crippen MR) is 66.4 cm³/mol. The Morgan fingerprint density at radius 1 is 1.35 bits per heavy atom. The highest BCUT2D eigenvalue weighted by molar-refractivity contribution is 9.09. The fraction of sp³-hybridized carbons (Fsp3) is 0.583. The van der Waals surface area contributed by atoms with Crippen molar-refractivity contribution in [3.05, 3.63) is 17.7 Å². The van der Waals surface area contributed by atoms with Gasteiger partial charge in [0.2, 0.25) is 0 Å². The van der Waals surface area contributed by atoms with Gasteiger partial charge in [0.15, 0.2) is 11.4 Å². The molecule has 0 aromatic carbocycles. The fourth-order valence-electron chi connectivity index (χ4n) is 2.52. The quantitative estimate of drug-likeness (QED) is 0.804. The van der Waals surface area contributed by atoms with E-state index in [2.05, 4.69) is 27.0 Å². The predicted octanol–water partition coefficient (Wildman–Crippen LogP) is 2.58. The van der Waals surface area contributed by atoms with Gasteiger partial charge in [0.05, 0.1) is 6.33 Å². The molecule has 17 heavy (non-hydrogen) atoms. The molecule has 1 aromatic rings. The van der Waals surface area contributed by atoms with Crippen LogP contribution in [0.25, 0.3) is 0 Å². The van der Waals surface area contributed by atoms with Crippen molar-refractivity contribution in [1.82, 2.24) is 9.55 Å². The minimum absolute atomic E-state index is 0.221. The van der Waals surface area contributed by atoms with Crippen LogP contribution in [0.5, 0.6) is 0 Å². The molecule has 0 saturated heterocycles. The van der Waals surface area contributed by atoms with Crippen LogP contribution in [-0.4, -0.2) is 14.9 Å². The standard InChI is InChI=1S/C12H13BrN4/c13-7-12(3-1-2-4-12)8-17-9-16-10(5-14)11(17)6-15/h9H,1-4,7-8H2. The van der Waals surface area contributed by atoms with E-state index < -0.39 is 0 Å². The smallest absolute Gasteiger partial charge is 0.176 e. The molecule has 88 valence electrons. The molecule has 1 aliphatic rings. The number of nitriles is 2. The molecule has 0 unspecified atom stereocenters. The maximum Gasteiger partial charge on any atom is 0.176 e. The number of hydrogen-bond acceptors (Lipinski definition) is 3. The Kier molecular flexibility index (Phi) is 3.49. The van der Waals surface area contributed by atoms with Gasteiger partial charge in [0.25, 0.3) is 0 Å². The van der Waals surface area contributed by atoms with Crippen LogP contribution < -0.4 is 0 Å². The maximum absolute atomic E-state index is 9.08. The summed E-state index contributed by atoms with van der Waals surface area (Å²) in [7, 11) is 0. The first kappa shape index (κ1) is 12.1. The Bertz CT molecular complexity index is 486.